The average Bonchev–Trinajstić information content (AvgIpc) is 3.13. The van der Waals surface area contributed by atoms with Crippen molar-refractivity contribution >= 4 is 5.97 Å². The summed E-state index contributed by atoms with van der Waals surface area (Å²) in [6.07, 6.45) is 4.41. The number of hydrogen-bond acceptors (Lipinski definition) is 3. The fraction of sp³-hybridized carbons (Fsp3) is 0.500. The third-order valence-electron chi connectivity index (χ3n) is 5.38. The maximum Gasteiger partial charge on any atom is 0.305 e. The number of carbonyl (C=O) groups is 1. The van der Waals surface area contributed by atoms with E-state index >= 15 is 0 Å². The Morgan fingerprint density at radius 2 is 1.97 bits per heavy atom. The van der Waals surface area contributed by atoms with Crippen molar-refractivity contribution in [2.45, 2.75) is 65.1 Å². The van der Waals surface area contributed by atoms with Crippen LogP contribution in [-0.2, 0) is 28.0 Å². The SMILES string of the molecule is C=CC[NH+](Cc1cccn1Cc1ccc(C(C)(C)C)cc1)C[C@@H](O)COC(=O)CCC. The van der Waals surface area contributed by atoms with E-state index in [9.17, 15) is 9.90 Å². The van der Waals surface area contributed by atoms with Crippen LogP contribution in [-0.4, -0.2) is 41.4 Å². The molecule has 0 amide bonds. The van der Waals surface area contributed by atoms with Crippen LogP contribution in [0.25, 0.3) is 0 Å². The van der Waals surface area contributed by atoms with Gasteiger partial charge in [-0.05, 0) is 41.2 Å². The maximum atomic E-state index is 11.5. The lowest BCUT2D eigenvalue weighted by Crippen LogP contribution is -3.11. The molecule has 170 valence electrons. The van der Waals surface area contributed by atoms with Crippen LogP contribution in [0.4, 0.5) is 0 Å². The second kappa shape index (κ2) is 11.9. The molecule has 2 atom stereocenters. The molecule has 0 aliphatic carbocycles. The Bertz CT molecular complexity index is 818. The molecule has 2 aromatic rings. The summed E-state index contributed by atoms with van der Waals surface area (Å²) in [7, 11) is 0. The molecule has 0 aliphatic heterocycles. The first-order valence-electron chi connectivity index (χ1n) is 11.2. The topological polar surface area (TPSA) is 55.9 Å². The van der Waals surface area contributed by atoms with Crippen LogP contribution in [0.1, 0.15) is 57.4 Å². The zero-order chi connectivity index (χ0) is 22.9. The molecule has 0 saturated heterocycles. The second-order valence-electron chi connectivity index (χ2n) is 9.28. The van der Waals surface area contributed by atoms with E-state index in [1.54, 1.807) is 0 Å². The highest BCUT2D eigenvalue weighted by Gasteiger charge is 2.18. The summed E-state index contributed by atoms with van der Waals surface area (Å²) in [6.45, 7) is 15.3. The summed E-state index contributed by atoms with van der Waals surface area (Å²) < 4.78 is 7.41. The first-order valence-corrected chi connectivity index (χ1v) is 11.2. The van der Waals surface area contributed by atoms with E-state index < -0.39 is 6.10 Å². The molecule has 2 N–H and O–H groups in total. The molecule has 5 nitrogen and oxygen atoms in total. The Labute approximate surface area is 187 Å². The largest absolute Gasteiger partial charge is 0.463 e. The van der Waals surface area contributed by atoms with Gasteiger partial charge in [0.05, 0.1) is 12.2 Å². The molecule has 0 bridgehead atoms. The number of aliphatic hydroxyl groups is 1. The Hall–Kier alpha value is -2.37. The molecule has 0 radical (unpaired) electrons. The van der Waals surface area contributed by atoms with Crippen molar-refractivity contribution in [1.82, 2.24) is 4.57 Å². The molecule has 0 spiro atoms. The minimum atomic E-state index is -0.691. The van der Waals surface area contributed by atoms with Crippen molar-refractivity contribution in [3.63, 3.8) is 0 Å². The summed E-state index contributed by atoms with van der Waals surface area (Å²) in [5.74, 6) is -0.252. The molecule has 1 heterocycles. The van der Waals surface area contributed by atoms with Gasteiger partial charge < -0.3 is 19.3 Å². The number of esters is 1. The van der Waals surface area contributed by atoms with E-state index in [0.29, 0.717) is 13.0 Å². The number of nitrogens with zero attached hydrogens (tertiary/aromatic N) is 1. The number of aliphatic hydroxyl groups excluding tert-OH is 1. The van der Waals surface area contributed by atoms with E-state index in [1.807, 2.05) is 13.0 Å². The maximum absolute atomic E-state index is 11.5. The molecule has 2 rings (SSSR count). The summed E-state index contributed by atoms with van der Waals surface area (Å²) in [6, 6.07) is 13.0. The molecule has 0 fully saturated rings. The lowest BCUT2D eigenvalue weighted by Gasteiger charge is -2.22. The van der Waals surface area contributed by atoms with Crippen LogP contribution in [0.15, 0.2) is 55.3 Å². The van der Waals surface area contributed by atoms with Gasteiger partial charge in [-0.1, -0.05) is 58.5 Å². The van der Waals surface area contributed by atoms with Crippen LogP contribution in [0.5, 0.6) is 0 Å². The number of quaternary nitrogens is 1. The van der Waals surface area contributed by atoms with Crippen molar-refractivity contribution in [2.24, 2.45) is 0 Å². The fourth-order valence-corrected chi connectivity index (χ4v) is 3.62. The minimum absolute atomic E-state index is 0.0423. The summed E-state index contributed by atoms with van der Waals surface area (Å²) in [5.41, 5.74) is 3.95. The minimum Gasteiger partial charge on any atom is -0.463 e. The predicted molar refractivity (Wildman–Crippen MR) is 125 cm³/mol. The Morgan fingerprint density at radius 3 is 2.58 bits per heavy atom. The van der Waals surface area contributed by atoms with Crippen LogP contribution in [0, 0.1) is 0 Å². The zero-order valence-corrected chi connectivity index (χ0v) is 19.6. The number of nitrogens with one attached hydrogen (secondary N) is 1. The first kappa shape index (κ1) is 24.9. The van der Waals surface area contributed by atoms with Crippen LogP contribution >= 0.6 is 0 Å². The molecular weight excluding hydrogens is 388 g/mol. The highest BCUT2D eigenvalue weighted by atomic mass is 16.5. The third kappa shape index (κ3) is 8.35. The van der Waals surface area contributed by atoms with Crippen LogP contribution < -0.4 is 4.90 Å². The molecule has 1 unspecified atom stereocenters. The fourth-order valence-electron chi connectivity index (χ4n) is 3.62. The molecule has 1 aromatic heterocycles. The number of aromatic nitrogens is 1. The summed E-state index contributed by atoms with van der Waals surface area (Å²) in [5, 5.41) is 10.3. The standard InChI is InChI=1S/C26H38N2O3/c1-6-9-25(30)31-20-24(29)19-27(15-7-2)18-23-10-8-16-28(23)17-21-11-13-22(14-12-21)26(3,4)5/h7-8,10-14,16,24,29H,2,6,9,15,17-20H2,1,3-5H3/p+1/t24-/m1/s1. The number of carbonyl (C=O) groups excluding carboxylic acids is 1. The molecule has 0 saturated carbocycles. The predicted octanol–water partition coefficient (Wildman–Crippen LogP) is 3.11. The van der Waals surface area contributed by atoms with Crippen molar-refractivity contribution in [2.75, 3.05) is 19.7 Å². The summed E-state index contributed by atoms with van der Waals surface area (Å²) in [4.78, 5) is 12.7. The van der Waals surface area contributed by atoms with E-state index in [2.05, 4.69) is 74.5 Å². The van der Waals surface area contributed by atoms with Crippen molar-refractivity contribution in [1.29, 1.82) is 0 Å². The molecule has 1 aromatic carbocycles. The van der Waals surface area contributed by atoms with E-state index in [0.717, 1.165) is 26.1 Å². The van der Waals surface area contributed by atoms with Gasteiger partial charge in [0.2, 0.25) is 0 Å². The van der Waals surface area contributed by atoms with Gasteiger partial charge in [-0.2, -0.15) is 0 Å². The van der Waals surface area contributed by atoms with Crippen molar-refractivity contribution in [3.05, 3.63) is 72.1 Å². The van der Waals surface area contributed by atoms with Gasteiger partial charge in [0.25, 0.3) is 0 Å². The third-order valence-corrected chi connectivity index (χ3v) is 5.38. The monoisotopic (exact) mass is 427 g/mol. The zero-order valence-electron chi connectivity index (χ0n) is 19.6. The van der Waals surface area contributed by atoms with E-state index in [-0.39, 0.29) is 18.0 Å². The molecular formula is C26H39N2O3+. The lowest BCUT2D eigenvalue weighted by molar-refractivity contribution is -0.911. The van der Waals surface area contributed by atoms with Gasteiger partial charge in [-0.25, -0.2) is 0 Å². The van der Waals surface area contributed by atoms with Crippen LogP contribution in [0.2, 0.25) is 0 Å². The smallest absolute Gasteiger partial charge is 0.305 e. The van der Waals surface area contributed by atoms with Gasteiger partial charge in [0.15, 0.2) is 0 Å². The van der Waals surface area contributed by atoms with Gasteiger partial charge in [0, 0.05) is 19.2 Å². The van der Waals surface area contributed by atoms with Gasteiger partial charge >= 0.3 is 5.97 Å². The summed E-state index contributed by atoms with van der Waals surface area (Å²) >= 11 is 0. The lowest BCUT2D eigenvalue weighted by atomic mass is 9.87. The number of benzene rings is 1. The number of ether oxygens (including phenoxy) is 1. The van der Waals surface area contributed by atoms with Crippen LogP contribution in [0.3, 0.4) is 0 Å². The molecule has 5 heteroatoms. The molecule has 31 heavy (non-hydrogen) atoms. The van der Waals surface area contributed by atoms with Crippen molar-refractivity contribution in [3.8, 4) is 0 Å². The van der Waals surface area contributed by atoms with Gasteiger partial charge in [-0.15, -0.1) is 0 Å². The van der Waals surface area contributed by atoms with Gasteiger partial charge in [-0.3, -0.25) is 4.79 Å². The van der Waals surface area contributed by atoms with E-state index in [4.69, 9.17) is 4.74 Å². The second-order valence-corrected chi connectivity index (χ2v) is 9.28. The average molecular weight is 428 g/mol. The Morgan fingerprint density at radius 1 is 1.26 bits per heavy atom. The quantitative estimate of drug-likeness (QED) is 0.404. The first-order chi connectivity index (χ1) is 14.7. The highest BCUT2D eigenvalue weighted by Crippen LogP contribution is 2.22. The van der Waals surface area contributed by atoms with Crippen molar-refractivity contribution < 1.29 is 19.5 Å². The molecule has 0 aliphatic rings. The normalized spacial score (nSPS) is 13.6. The highest BCUT2D eigenvalue weighted by molar-refractivity contribution is 5.69. The van der Waals surface area contributed by atoms with E-state index in [1.165, 1.54) is 21.7 Å². The number of rotatable bonds is 12. The van der Waals surface area contributed by atoms with Gasteiger partial charge in [0.1, 0.15) is 25.8 Å². The Kier molecular flexibility index (Phi) is 9.53. The Balaban J connectivity index is 1.98. The number of hydrogen-bond donors (Lipinski definition) is 2.